The summed E-state index contributed by atoms with van der Waals surface area (Å²) in [6.07, 6.45) is 6.38. The minimum Gasteiger partial charge on any atom is -0.474 e. The number of nitrogens with zero attached hydrogens (tertiary/aromatic N) is 2. The third kappa shape index (κ3) is 2.53. The van der Waals surface area contributed by atoms with Gasteiger partial charge in [-0.2, -0.15) is 5.10 Å². The highest BCUT2D eigenvalue weighted by Gasteiger charge is 2.27. The van der Waals surface area contributed by atoms with Crippen molar-refractivity contribution >= 4 is 0 Å². The van der Waals surface area contributed by atoms with Crippen LogP contribution in [0.5, 0.6) is 5.88 Å². The van der Waals surface area contributed by atoms with Gasteiger partial charge >= 0.3 is 0 Å². The lowest BCUT2D eigenvalue weighted by Crippen LogP contribution is -2.30. The maximum Gasteiger partial charge on any atom is 0.217 e. The summed E-state index contributed by atoms with van der Waals surface area (Å²) in [6.45, 7) is 4.14. The average Bonchev–Trinajstić information content (AvgIpc) is 2.64. The standard InChI is InChI=1S/C14H24N2O2/c1-4-11-7-5-6-8-13(11)18-14-12(9-17)10(2)15-16(14)3/h11,13,17H,4-9H2,1-3H3. The largest absolute Gasteiger partial charge is 0.474 e. The second-order valence-corrected chi connectivity index (χ2v) is 5.26. The highest BCUT2D eigenvalue weighted by molar-refractivity contribution is 5.30. The van der Waals surface area contributed by atoms with E-state index < -0.39 is 0 Å². The van der Waals surface area contributed by atoms with Gasteiger partial charge in [0.15, 0.2) is 0 Å². The first-order chi connectivity index (χ1) is 8.67. The normalized spacial score (nSPS) is 24.2. The van der Waals surface area contributed by atoms with Crippen LogP contribution in [0, 0.1) is 12.8 Å². The second kappa shape index (κ2) is 5.74. The Labute approximate surface area is 109 Å². The summed E-state index contributed by atoms with van der Waals surface area (Å²) in [5.41, 5.74) is 1.69. The van der Waals surface area contributed by atoms with Gasteiger partial charge in [0.05, 0.1) is 17.9 Å². The molecule has 2 rings (SSSR count). The highest BCUT2D eigenvalue weighted by Crippen LogP contribution is 2.32. The SMILES string of the molecule is CCC1CCCCC1Oc1c(CO)c(C)nn1C. The number of aromatic nitrogens is 2. The lowest BCUT2D eigenvalue weighted by molar-refractivity contribution is 0.0790. The van der Waals surface area contributed by atoms with Gasteiger partial charge in [-0.1, -0.05) is 13.3 Å². The van der Waals surface area contributed by atoms with Crippen LogP contribution in [0.3, 0.4) is 0 Å². The number of hydrogen-bond donors (Lipinski definition) is 1. The van der Waals surface area contributed by atoms with Crippen LogP contribution in [0.15, 0.2) is 0 Å². The van der Waals surface area contributed by atoms with E-state index >= 15 is 0 Å². The van der Waals surface area contributed by atoms with Crippen LogP contribution >= 0.6 is 0 Å². The molecular formula is C14H24N2O2. The van der Waals surface area contributed by atoms with Crippen molar-refractivity contribution in [3.63, 3.8) is 0 Å². The number of aliphatic hydroxyl groups is 1. The van der Waals surface area contributed by atoms with Gasteiger partial charge in [0.1, 0.15) is 6.10 Å². The van der Waals surface area contributed by atoms with Crippen molar-refractivity contribution in [2.24, 2.45) is 13.0 Å². The molecule has 1 aliphatic carbocycles. The fourth-order valence-electron chi connectivity index (χ4n) is 2.95. The molecule has 0 amide bonds. The maximum atomic E-state index is 9.43. The second-order valence-electron chi connectivity index (χ2n) is 5.26. The fourth-order valence-corrected chi connectivity index (χ4v) is 2.95. The van der Waals surface area contributed by atoms with Crippen molar-refractivity contribution < 1.29 is 9.84 Å². The lowest BCUT2D eigenvalue weighted by atomic mass is 9.85. The van der Waals surface area contributed by atoms with Gasteiger partial charge in [-0.15, -0.1) is 0 Å². The van der Waals surface area contributed by atoms with Crippen molar-refractivity contribution in [1.82, 2.24) is 9.78 Å². The lowest BCUT2D eigenvalue weighted by Gasteiger charge is -2.31. The number of rotatable bonds is 4. The summed E-state index contributed by atoms with van der Waals surface area (Å²) >= 11 is 0. The topological polar surface area (TPSA) is 47.3 Å². The Morgan fingerprint density at radius 2 is 2.11 bits per heavy atom. The molecule has 0 radical (unpaired) electrons. The number of aliphatic hydroxyl groups excluding tert-OH is 1. The molecule has 1 aliphatic rings. The molecule has 1 fully saturated rings. The molecule has 1 N–H and O–H groups in total. The Bertz CT molecular complexity index is 401. The van der Waals surface area contributed by atoms with E-state index in [2.05, 4.69) is 12.0 Å². The first-order valence-electron chi connectivity index (χ1n) is 6.97. The van der Waals surface area contributed by atoms with Crippen LogP contribution < -0.4 is 4.74 Å². The number of aryl methyl sites for hydroxylation is 2. The zero-order valence-corrected chi connectivity index (χ0v) is 11.6. The molecule has 1 saturated carbocycles. The predicted octanol–water partition coefficient (Wildman–Crippen LogP) is 2.57. The van der Waals surface area contributed by atoms with E-state index in [9.17, 15) is 5.11 Å². The number of ether oxygens (including phenoxy) is 1. The third-order valence-corrected chi connectivity index (χ3v) is 4.07. The summed E-state index contributed by atoms with van der Waals surface area (Å²) in [5.74, 6) is 1.39. The minimum absolute atomic E-state index is 0.00147. The summed E-state index contributed by atoms with van der Waals surface area (Å²) in [6, 6.07) is 0. The molecule has 102 valence electrons. The quantitative estimate of drug-likeness (QED) is 0.896. The van der Waals surface area contributed by atoms with Crippen LogP contribution in [0.2, 0.25) is 0 Å². The third-order valence-electron chi connectivity index (χ3n) is 4.07. The first kappa shape index (κ1) is 13.4. The molecule has 1 aromatic rings. The summed E-state index contributed by atoms with van der Waals surface area (Å²) in [4.78, 5) is 0. The van der Waals surface area contributed by atoms with Gasteiger partial charge in [-0.3, -0.25) is 0 Å². The Kier molecular flexibility index (Phi) is 4.27. The molecule has 2 unspecified atom stereocenters. The molecule has 1 heterocycles. The summed E-state index contributed by atoms with van der Waals surface area (Å²) < 4.78 is 7.93. The summed E-state index contributed by atoms with van der Waals surface area (Å²) in [7, 11) is 1.88. The van der Waals surface area contributed by atoms with Crippen LogP contribution in [0.4, 0.5) is 0 Å². The predicted molar refractivity (Wildman–Crippen MR) is 70.5 cm³/mol. The van der Waals surface area contributed by atoms with E-state index in [1.165, 1.54) is 19.3 Å². The highest BCUT2D eigenvalue weighted by atomic mass is 16.5. The fraction of sp³-hybridized carbons (Fsp3) is 0.786. The average molecular weight is 252 g/mol. The molecule has 0 bridgehead atoms. The van der Waals surface area contributed by atoms with Gasteiger partial charge in [-0.05, 0) is 38.5 Å². The monoisotopic (exact) mass is 252 g/mol. The van der Waals surface area contributed by atoms with Crippen LogP contribution in [-0.4, -0.2) is 21.0 Å². The van der Waals surface area contributed by atoms with E-state index in [-0.39, 0.29) is 12.7 Å². The smallest absolute Gasteiger partial charge is 0.217 e. The molecule has 2 atom stereocenters. The first-order valence-corrected chi connectivity index (χ1v) is 6.97. The van der Waals surface area contributed by atoms with Crippen molar-refractivity contribution in [3.05, 3.63) is 11.3 Å². The Morgan fingerprint density at radius 1 is 1.39 bits per heavy atom. The van der Waals surface area contributed by atoms with Crippen molar-refractivity contribution in [2.45, 2.75) is 58.7 Å². The molecule has 1 aromatic heterocycles. The zero-order chi connectivity index (χ0) is 13.1. The van der Waals surface area contributed by atoms with Gasteiger partial charge < -0.3 is 9.84 Å². The Morgan fingerprint density at radius 3 is 2.78 bits per heavy atom. The van der Waals surface area contributed by atoms with Crippen LogP contribution in [0.25, 0.3) is 0 Å². The van der Waals surface area contributed by atoms with E-state index in [0.29, 0.717) is 5.92 Å². The molecule has 4 heteroatoms. The molecule has 0 aromatic carbocycles. The van der Waals surface area contributed by atoms with Gasteiger partial charge in [0, 0.05) is 7.05 Å². The van der Waals surface area contributed by atoms with Crippen molar-refractivity contribution in [1.29, 1.82) is 0 Å². The molecule has 0 spiro atoms. The maximum absolute atomic E-state index is 9.43. The van der Waals surface area contributed by atoms with Crippen LogP contribution in [0.1, 0.15) is 50.3 Å². The minimum atomic E-state index is -0.00147. The van der Waals surface area contributed by atoms with E-state index in [0.717, 1.165) is 30.0 Å². The molecular weight excluding hydrogens is 228 g/mol. The molecule has 0 saturated heterocycles. The molecule has 18 heavy (non-hydrogen) atoms. The van der Waals surface area contributed by atoms with Gasteiger partial charge in [0.2, 0.25) is 5.88 Å². The molecule has 4 nitrogen and oxygen atoms in total. The van der Waals surface area contributed by atoms with E-state index in [1.807, 2.05) is 14.0 Å². The zero-order valence-electron chi connectivity index (χ0n) is 11.6. The van der Waals surface area contributed by atoms with Gasteiger partial charge in [-0.25, -0.2) is 4.68 Å². The van der Waals surface area contributed by atoms with Gasteiger partial charge in [0.25, 0.3) is 0 Å². The Balaban J connectivity index is 2.17. The van der Waals surface area contributed by atoms with E-state index in [1.54, 1.807) is 4.68 Å². The van der Waals surface area contributed by atoms with E-state index in [4.69, 9.17) is 4.74 Å². The summed E-state index contributed by atoms with van der Waals surface area (Å²) in [5, 5.41) is 13.8. The van der Waals surface area contributed by atoms with Crippen LogP contribution in [-0.2, 0) is 13.7 Å². The molecule has 0 aliphatic heterocycles. The Hall–Kier alpha value is -1.03. The van der Waals surface area contributed by atoms with Crippen molar-refractivity contribution in [2.75, 3.05) is 0 Å². The van der Waals surface area contributed by atoms with Crippen molar-refractivity contribution in [3.8, 4) is 5.88 Å². The number of hydrogen-bond acceptors (Lipinski definition) is 3.